The molecule has 0 unspecified atom stereocenters. The molecule has 2 aromatic rings. The second-order valence-electron chi connectivity index (χ2n) is 3.41. The predicted octanol–water partition coefficient (Wildman–Crippen LogP) is 1.67. The summed E-state index contributed by atoms with van der Waals surface area (Å²) in [5.41, 5.74) is 3.16. The SMILES string of the molecule is NNc1ccc(C(=O)Nc2ccc(Cl)cc2)nn1. The van der Waals surface area contributed by atoms with Gasteiger partial charge >= 0.3 is 0 Å². The van der Waals surface area contributed by atoms with E-state index < -0.39 is 0 Å². The van der Waals surface area contributed by atoms with Crippen molar-refractivity contribution < 1.29 is 4.79 Å². The smallest absolute Gasteiger partial charge is 0.276 e. The summed E-state index contributed by atoms with van der Waals surface area (Å²) in [7, 11) is 0. The van der Waals surface area contributed by atoms with Crippen molar-refractivity contribution in [2.75, 3.05) is 10.7 Å². The van der Waals surface area contributed by atoms with Crippen LogP contribution in [0.3, 0.4) is 0 Å². The molecule has 1 amide bonds. The van der Waals surface area contributed by atoms with Crippen molar-refractivity contribution in [3.05, 3.63) is 47.1 Å². The van der Waals surface area contributed by atoms with Gasteiger partial charge in [0.05, 0.1) is 0 Å². The molecule has 6 nitrogen and oxygen atoms in total. The number of nitrogens with one attached hydrogen (secondary N) is 2. The Hall–Kier alpha value is -2.18. The van der Waals surface area contributed by atoms with Gasteiger partial charge < -0.3 is 10.7 Å². The summed E-state index contributed by atoms with van der Waals surface area (Å²) in [5.74, 6) is 5.18. The molecule has 7 heteroatoms. The number of carbonyl (C=O) groups excluding carboxylic acids is 1. The first-order valence-electron chi connectivity index (χ1n) is 5.06. The van der Waals surface area contributed by atoms with Crippen LogP contribution in [0.15, 0.2) is 36.4 Å². The first-order chi connectivity index (χ1) is 8.69. The van der Waals surface area contributed by atoms with E-state index in [4.69, 9.17) is 17.4 Å². The van der Waals surface area contributed by atoms with E-state index in [1.54, 1.807) is 30.3 Å². The predicted molar refractivity (Wildman–Crippen MR) is 69.2 cm³/mol. The number of hydrogen-bond acceptors (Lipinski definition) is 5. The summed E-state index contributed by atoms with van der Waals surface area (Å²) < 4.78 is 0. The summed E-state index contributed by atoms with van der Waals surface area (Å²) >= 11 is 5.74. The molecule has 92 valence electrons. The zero-order chi connectivity index (χ0) is 13.0. The molecule has 0 radical (unpaired) electrons. The van der Waals surface area contributed by atoms with Crippen LogP contribution >= 0.6 is 11.6 Å². The Bertz CT molecular complexity index is 540. The number of hydrogen-bond donors (Lipinski definition) is 3. The fourth-order valence-electron chi connectivity index (χ4n) is 1.26. The normalized spacial score (nSPS) is 9.89. The third-order valence-corrected chi connectivity index (χ3v) is 2.40. The molecule has 1 aromatic carbocycles. The summed E-state index contributed by atoms with van der Waals surface area (Å²) in [6.45, 7) is 0. The number of halogens is 1. The molecular formula is C11H10ClN5O. The van der Waals surface area contributed by atoms with Crippen LogP contribution in [0.25, 0.3) is 0 Å². The lowest BCUT2D eigenvalue weighted by molar-refractivity contribution is 0.102. The maximum atomic E-state index is 11.8. The van der Waals surface area contributed by atoms with E-state index in [1.165, 1.54) is 6.07 Å². The molecule has 0 atom stereocenters. The molecule has 0 aliphatic heterocycles. The van der Waals surface area contributed by atoms with Crippen molar-refractivity contribution in [2.24, 2.45) is 5.84 Å². The van der Waals surface area contributed by atoms with Crippen molar-refractivity contribution >= 4 is 29.0 Å². The second kappa shape index (κ2) is 5.44. The Labute approximate surface area is 108 Å². The van der Waals surface area contributed by atoms with Crippen LogP contribution < -0.4 is 16.6 Å². The highest BCUT2D eigenvalue weighted by molar-refractivity contribution is 6.30. The van der Waals surface area contributed by atoms with Crippen LogP contribution in [0.1, 0.15) is 10.5 Å². The van der Waals surface area contributed by atoms with E-state index in [0.717, 1.165) is 0 Å². The Morgan fingerprint density at radius 3 is 2.39 bits per heavy atom. The Kier molecular flexibility index (Phi) is 3.71. The van der Waals surface area contributed by atoms with E-state index in [9.17, 15) is 4.79 Å². The van der Waals surface area contributed by atoms with Gasteiger partial charge in [-0.05, 0) is 36.4 Å². The zero-order valence-electron chi connectivity index (χ0n) is 9.22. The van der Waals surface area contributed by atoms with Gasteiger partial charge in [0, 0.05) is 10.7 Å². The quantitative estimate of drug-likeness (QED) is 0.579. The number of aromatic nitrogens is 2. The first-order valence-corrected chi connectivity index (χ1v) is 5.44. The number of benzene rings is 1. The van der Waals surface area contributed by atoms with Crippen molar-refractivity contribution in [1.29, 1.82) is 0 Å². The molecule has 4 N–H and O–H groups in total. The van der Waals surface area contributed by atoms with Gasteiger partial charge in [0.1, 0.15) is 0 Å². The average Bonchev–Trinajstić information content (AvgIpc) is 2.41. The molecule has 0 fully saturated rings. The van der Waals surface area contributed by atoms with Gasteiger partial charge in [-0.15, -0.1) is 10.2 Å². The summed E-state index contributed by atoms with van der Waals surface area (Å²) in [6, 6.07) is 9.85. The standard InChI is InChI=1S/C11H10ClN5O/c12-7-1-3-8(4-2-7)14-11(18)9-5-6-10(15-13)17-16-9/h1-6H,13H2,(H,14,18)(H,15,17). The van der Waals surface area contributed by atoms with E-state index in [-0.39, 0.29) is 11.6 Å². The Balaban J connectivity index is 2.09. The molecule has 1 aromatic heterocycles. The molecule has 0 spiro atoms. The lowest BCUT2D eigenvalue weighted by Crippen LogP contribution is -2.15. The number of anilines is 2. The number of amides is 1. The van der Waals surface area contributed by atoms with Crippen molar-refractivity contribution in [1.82, 2.24) is 10.2 Å². The topological polar surface area (TPSA) is 92.9 Å². The monoisotopic (exact) mass is 263 g/mol. The van der Waals surface area contributed by atoms with Crippen LogP contribution in [0.5, 0.6) is 0 Å². The van der Waals surface area contributed by atoms with Crippen LogP contribution in [0.4, 0.5) is 11.5 Å². The largest absolute Gasteiger partial charge is 0.321 e. The van der Waals surface area contributed by atoms with Crippen molar-refractivity contribution in [3.8, 4) is 0 Å². The molecular weight excluding hydrogens is 254 g/mol. The number of rotatable bonds is 3. The molecule has 18 heavy (non-hydrogen) atoms. The summed E-state index contributed by atoms with van der Waals surface area (Å²) in [6.07, 6.45) is 0. The lowest BCUT2D eigenvalue weighted by Gasteiger charge is -2.04. The maximum Gasteiger partial charge on any atom is 0.276 e. The van der Waals surface area contributed by atoms with E-state index >= 15 is 0 Å². The van der Waals surface area contributed by atoms with Gasteiger partial charge in [-0.1, -0.05) is 11.6 Å². The average molecular weight is 264 g/mol. The highest BCUT2D eigenvalue weighted by atomic mass is 35.5. The summed E-state index contributed by atoms with van der Waals surface area (Å²) in [4.78, 5) is 11.8. The fraction of sp³-hybridized carbons (Fsp3) is 0. The van der Waals surface area contributed by atoms with Crippen LogP contribution in [0.2, 0.25) is 5.02 Å². The molecule has 0 saturated heterocycles. The number of nitrogens with zero attached hydrogens (tertiary/aromatic N) is 2. The van der Waals surface area contributed by atoms with Crippen molar-refractivity contribution in [3.63, 3.8) is 0 Å². The number of hydrazine groups is 1. The molecule has 0 saturated carbocycles. The van der Waals surface area contributed by atoms with Gasteiger partial charge in [0.25, 0.3) is 5.91 Å². The summed E-state index contributed by atoms with van der Waals surface area (Å²) in [5, 5.41) is 10.7. The second-order valence-corrected chi connectivity index (χ2v) is 3.85. The van der Waals surface area contributed by atoms with Crippen LogP contribution in [0, 0.1) is 0 Å². The molecule has 0 aliphatic carbocycles. The zero-order valence-corrected chi connectivity index (χ0v) is 9.98. The van der Waals surface area contributed by atoms with Crippen molar-refractivity contribution in [2.45, 2.75) is 0 Å². The molecule has 1 heterocycles. The highest BCUT2D eigenvalue weighted by Crippen LogP contribution is 2.14. The third-order valence-electron chi connectivity index (χ3n) is 2.15. The lowest BCUT2D eigenvalue weighted by atomic mass is 10.3. The number of nitrogens with two attached hydrogens (primary N) is 1. The maximum absolute atomic E-state index is 11.8. The minimum Gasteiger partial charge on any atom is -0.321 e. The molecule has 0 bridgehead atoms. The fourth-order valence-corrected chi connectivity index (χ4v) is 1.38. The van der Waals surface area contributed by atoms with Gasteiger partial charge in [-0.3, -0.25) is 4.79 Å². The minimum absolute atomic E-state index is 0.198. The van der Waals surface area contributed by atoms with Crippen LogP contribution in [-0.2, 0) is 0 Å². The van der Waals surface area contributed by atoms with Crippen LogP contribution in [-0.4, -0.2) is 16.1 Å². The van der Waals surface area contributed by atoms with Gasteiger partial charge in [-0.25, -0.2) is 5.84 Å². The number of nitrogen functional groups attached to an aromatic ring is 1. The van der Waals surface area contributed by atoms with E-state index in [0.29, 0.717) is 16.5 Å². The Morgan fingerprint density at radius 1 is 1.11 bits per heavy atom. The molecule has 2 rings (SSSR count). The molecule has 0 aliphatic rings. The third kappa shape index (κ3) is 2.93. The first kappa shape index (κ1) is 12.3. The van der Waals surface area contributed by atoms with E-state index in [1.807, 2.05) is 0 Å². The number of carbonyl (C=O) groups is 1. The van der Waals surface area contributed by atoms with Gasteiger partial charge in [0.2, 0.25) is 0 Å². The van der Waals surface area contributed by atoms with Gasteiger partial charge in [0.15, 0.2) is 11.5 Å². The van der Waals surface area contributed by atoms with E-state index in [2.05, 4.69) is 20.9 Å². The highest BCUT2D eigenvalue weighted by Gasteiger charge is 2.08. The minimum atomic E-state index is -0.353. The Morgan fingerprint density at radius 2 is 1.83 bits per heavy atom. The van der Waals surface area contributed by atoms with Gasteiger partial charge in [-0.2, -0.15) is 0 Å².